The van der Waals surface area contributed by atoms with Gasteiger partial charge in [-0.05, 0) is 36.2 Å². The molecule has 3 nitrogen and oxygen atoms in total. The van der Waals surface area contributed by atoms with E-state index in [9.17, 15) is 4.79 Å². The number of hydrogen-bond donors (Lipinski definition) is 2. The lowest BCUT2D eigenvalue weighted by Gasteiger charge is -2.09. The molecule has 0 aliphatic rings. The van der Waals surface area contributed by atoms with E-state index in [0.717, 1.165) is 21.7 Å². The lowest BCUT2D eigenvalue weighted by Crippen LogP contribution is -2.01. The molecule has 0 saturated carbocycles. The number of carbonyl (C=O) groups is 1. The molecule has 0 radical (unpaired) electrons. The zero-order valence-corrected chi connectivity index (χ0v) is 11.4. The summed E-state index contributed by atoms with van der Waals surface area (Å²) in [6.07, 6.45) is 0. The Morgan fingerprint density at radius 2 is 1.95 bits per heavy atom. The van der Waals surface area contributed by atoms with Crippen LogP contribution < -0.4 is 5.73 Å². The van der Waals surface area contributed by atoms with Gasteiger partial charge in [-0.15, -0.1) is 11.8 Å². The van der Waals surface area contributed by atoms with Crippen LogP contribution in [0.4, 0.5) is 5.69 Å². The van der Waals surface area contributed by atoms with Gasteiger partial charge in [0.2, 0.25) is 0 Å². The summed E-state index contributed by atoms with van der Waals surface area (Å²) in [7, 11) is 0. The zero-order valence-electron chi connectivity index (χ0n) is 10.6. The molecule has 0 atom stereocenters. The molecule has 2 aromatic carbocycles. The first-order chi connectivity index (χ1) is 9.09. The van der Waals surface area contributed by atoms with Crippen LogP contribution in [0.25, 0.3) is 0 Å². The monoisotopic (exact) mass is 273 g/mol. The van der Waals surface area contributed by atoms with Crippen LogP contribution >= 0.6 is 11.8 Å². The molecule has 2 aromatic rings. The standard InChI is InChI=1S/C15H15NO2S/c1-10-13(16)7-4-8-14(10)19-9-11-5-2-3-6-12(11)15(17)18/h2-8H,9,16H2,1H3,(H,17,18). The van der Waals surface area contributed by atoms with Gasteiger partial charge in [0.05, 0.1) is 5.56 Å². The van der Waals surface area contributed by atoms with E-state index >= 15 is 0 Å². The van der Waals surface area contributed by atoms with Gasteiger partial charge in [0.1, 0.15) is 0 Å². The van der Waals surface area contributed by atoms with Crippen LogP contribution in [0.1, 0.15) is 21.5 Å². The number of hydrogen-bond acceptors (Lipinski definition) is 3. The SMILES string of the molecule is Cc1c(N)cccc1SCc1ccccc1C(=O)O. The minimum absolute atomic E-state index is 0.358. The molecular weight excluding hydrogens is 258 g/mol. The fraction of sp³-hybridized carbons (Fsp3) is 0.133. The second-order valence-corrected chi connectivity index (χ2v) is 5.24. The zero-order chi connectivity index (χ0) is 13.8. The van der Waals surface area contributed by atoms with Gasteiger partial charge in [-0.3, -0.25) is 0 Å². The predicted octanol–water partition coefficient (Wildman–Crippen LogP) is 3.57. The average Bonchev–Trinajstić information content (AvgIpc) is 2.40. The van der Waals surface area contributed by atoms with Crippen LogP contribution in [0.3, 0.4) is 0 Å². The van der Waals surface area contributed by atoms with Gasteiger partial charge in [0, 0.05) is 16.3 Å². The molecule has 0 aromatic heterocycles. The van der Waals surface area contributed by atoms with Crippen molar-refractivity contribution in [3.63, 3.8) is 0 Å². The minimum atomic E-state index is -0.888. The third-order valence-electron chi connectivity index (χ3n) is 2.96. The normalized spacial score (nSPS) is 10.4. The van der Waals surface area contributed by atoms with Crippen molar-refractivity contribution in [3.05, 3.63) is 59.2 Å². The summed E-state index contributed by atoms with van der Waals surface area (Å²) >= 11 is 1.60. The van der Waals surface area contributed by atoms with E-state index in [2.05, 4.69) is 0 Å². The highest BCUT2D eigenvalue weighted by Gasteiger charge is 2.10. The number of anilines is 1. The van der Waals surface area contributed by atoms with Crippen LogP contribution in [0, 0.1) is 6.92 Å². The van der Waals surface area contributed by atoms with Crippen molar-refractivity contribution >= 4 is 23.4 Å². The van der Waals surface area contributed by atoms with E-state index in [1.54, 1.807) is 23.9 Å². The molecule has 0 amide bonds. The Bertz CT molecular complexity index is 611. The third-order valence-corrected chi connectivity index (χ3v) is 4.17. The molecule has 98 valence electrons. The minimum Gasteiger partial charge on any atom is -0.478 e. The number of nitrogen functional groups attached to an aromatic ring is 1. The van der Waals surface area contributed by atoms with Gasteiger partial charge >= 0.3 is 5.97 Å². The number of rotatable bonds is 4. The number of benzene rings is 2. The van der Waals surface area contributed by atoms with Crippen LogP contribution in [0.15, 0.2) is 47.4 Å². The molecule has 2 rings (SSSR count). The molecule has 0 unspecified atom stereocenters. The maximum absolute atomic E-state index is 11.1. The number of aromatic carboxylic acids is 1. The summed E-state index contributed by atoms with van der Waals surface area (Å²) in [5.74, 6) is -0.271. The first-order valence-electron chi connectivity index (χ1n) is 5.88. The average molecular weight is 273 g/mol. The van der Waals surface area contributed by atoms with E-state index < -0.39 is 5.97 Å². The molecule has 0 fully saturated rings. The van der Waals surface area contributed by atoms with Gasteiger partial charge < -0.3 is 10.8 Å². The molecule has 4 heteroatoms. The van der Waals surface area contributed by atoms with Gasteiger partial charge in [-0.25, -0.2) is 4.79 Å². The highest BCUT2D eigenvalue weighted by molar-refractivity contribution is 7.98. The van der Waals surface area contributed by atoms with E-state index in [1.165, 1.54) is 0 Å². The number of carboxylic acid groups (broad SMARTS) is 1. The molecule has 0 aliphatic heterocycles. The fourth-order valence-electron chi connectivity index (χ4n) is 1.80. The summed E-state index contributed by atoms with van der Waals surface area (Å²) in [5.41, 5.74) is 8.84. The molecule has 0 aliphatic carbocycles. The Morgan fingerprint density at radius 1 is 1.21 bits per heavy atom. The van der Waals surface area contributed by atoms with Crippen molar-refractivity contribution in [2.45, 2.75) is 17.6 Å². The second kappa shape index (κ2) is 5.80. The highest BCUT2D eigenvalue weighted by atomic mass is 32.2. The lowest BCUT2D eigenvalue weighted by atomic mass is 10.1. The molecule has 0 bridgehead atoms. The fourth-order valence-corrected chi connectivity index (χ4v) is 2.87. The molecule has 3 N–H and O–H groups in total. The van der Waals surface area contributed by atoms with E-state index in [4.69, 9.17) is 10.8 Å². The quantitative estimate of drug-likeness (QED) is 0.660. The Kier molecular flexibility index (Phi) is 4.12. The second-order valence-electron chi connectivity index (χ2n) is 4.22. The third kappa shape index (κ3) is 3.09. The van der Waals surface area contributed by atoms with Gasteiger partial charge in [0.25, 0.3) is 0 Å². The highest BCUT2D eigenvalue weighted by Crippen LogP contribution is 2.29. The summed E-state index contributed by atoms with van der Waals surface area (Å²) < 4.78 is 0. The Hall–Kier alpha value is -1.94. The Morgan fingerprint density at radius 3 is 2.68 bits per heavy atom. The molecule has 0 heterocycles. The van der Waals surface area contributed by atoms with Crippen LogP contribution in [-0.2, 0) is 5.75 Å². The molecular formula is C15H15NO2S. The largest absolute Gasteiger partial charge is 0.478 e. The van der Waals surface area contributed by atoms with E-state index in [1.807, 2.05) is 37.3 Å². The maximum atomic E-state index is 11.1. The smallest absolute Gasteiger partial charge is 0.335 e. The van der Waals surface area contributed by atoms with Crippen molar-refractivity contribution in [1.82, 2.24) is 0 Å². The van der Waals surface area contributed by atoms with Crippen molar-refractivity contribution in [1.29, 1.82) is 0 Å². The first kappa shape index (κ1) is 13.5. The Labute approximate surface area is 116 Å². The molecule has 0 spiro atoms. The summed E-state index contributed by atoms with van der Waals surface area (Å²) in [6.45, 7) is 1.97. The molecule has 19 heavy (non-hydrogen) atoms. The van der Waals surface area contributed by atoms with Crippen LogP contribution in [0.5, 0.6) is 0 Å². The topological polar surface area (TPSA) is 63.3 Å². The van der Waals surface area contributed by atoms with E-state index in [0.29, 0.717) is 11.3 Å². The van der Waals surface area contributed by atoms with Gasteiger partial charge in [-0.2, -0.15) is 0 Å². The van der Waals surface area contributed by atoms with Crippen molar-refractivity contribution < 1.29 is 9.90 Å². The van der Waals surface area contributed by atoms with Crippen LogP contribution in [-0.4, -0.2) is 11.1 Å². The first-order valence-corrected chi connectivity index (χ1v) is 6.87. The van der Waals surface area contributed by atoms with Gasteiger partial charge in [0.15, 0.2) is 0 Å². The number of carboxylic acids is 1. The number of thioether (sulfide) groups is 1. The predicted molar refractivity (Wildman–Crippen MR) is 78.6 cm³/mol. The Balaban J connectivity index is 2.19. The van der Waals surface area contributed by atoms with Crippen molar-refractivity contribution in [2.24, 2.45) is 0 Å². The summed E-state index contributed by atoms with van der Waals surface area (Å²) in [5, 5.41) is 9.13. The van der Waals surface area contributed by atoms with Crippen molar-refractivity contribution in [3.8, 4) is 0 Å². The van der Waals surface area contributed by atoms with Gasteiger partial charge in [-0.1, -0.05) is 24.3 Å². The lowest BCUT2D eigenvalue weighted by molar-refractivity contribution is 0.0696. The van der Waals surface area contributed by atoms with E-state index in [-0.39, 0.29) is 0 Å². The number of nitrogens with two attached hydrogens (primary N) is 1. The maximum Gasteiger partial charge on any atom is 0.335 e. The summed E-state index contributed by atoms with van der Waals surface area (Å²) in [4.78, 5) is 12.2. The van der Waals surface area contributed by atoms with Crippen LogP contribution in [0.2, 0.25) is 0 Å². The molecule has 0 saturated heterocycles. The van der Waals surface area contributed by atoms with Crippen molar-refractivity contribution in [2.75, 3.05) is 5.73 Å². The summed E-state index contributed by atoms with van der Waals surface area (Å²) in [6, 6.07) is 12.8.